The van der Waals surface area contributed by atoms with Gasteiger partial charge in [-0.05, 0) is 32.4 Å². The summed E-state index contributed by atoms with van der Waals surface area (Å²) in [5, 5.41) is 5.49. The summed E-state index contributed by atoms with van der Waals surface area (Å²) < 4.78 is 0. The van der Waals surface area contributed by atoms with Crippen LogP contribution in [0.4, 0.5) is 0 Å². The zero-order chi connectivity index (χ0) is 12.4. The molecule has 2 atom stereocenters. The first-order valence-corrected chi connectivity index (χ1v) is 6.51. The van der Waals surface area contributed by atoms with Gasteiger partial charge in [0.25, 0.3) is 0 Å². The lowest BCUT2D eigenvalue weighted by molar-refractivity contribution is -0.125. The molecule has 1 aliphatic heterocycles. The van der Waals surface area contributed by atoms with Gasteiger partial charge in [-0.3, -0.25) is 14.9 Å². The van der Waals surface area contributed by atoms with Crippen LogP contribution in [0.25, 0.3) is 0 Å². The molecule has 1 saturated heterocycles. The Balaban J connectivity index is 1.87. The van der Waals surface area contributed by atoms with E-state index in [4.69, 9.17) is 0 Å². The molecule has 0 radical (unpaired) electrons. The Labute approximate surface area is 104 Å². The van der Waals surface area contributed by atoms with Crippen molar-refractivity contribution in [2.45, 2.75) is 38.8 Å². The predicted molar refractivity (Wildman–Crippen MR) is 66.9 cm³/mol. The van der Waals surface area contributed by atoms with Crippen molar-refractivity contribution in [2.24, 2.45) is 0 Å². The Hall–Kier alpha value is -1.20. The Bertz CT molecular complexity index is 441. The molecule has 0 saturated carbocycles. The maximum atomic E-state index is 11.4. The summed E-state index contributed by atoms with van der Waals surface area (Å²) in [6, 6.07) is 4.03. The minimum absolute atomic E-state index is 0.188. The van der Waals surface area contributed by atoms with Crippen molar-refractivity contribution in [1.29, 1.82) is 0 Å². The van der Waals surface area contributed by atoms with Crippen LogP contribution in [0.3, 0.4) is 0 Å². The molecule has 1 aromatic rings. The fourth-order valence-corrected chi connectivity index (χ4v) is 3.01. The molecule has 0 bridgehead atoms. The smallest absolute Gasteiger partial charge is 0.244 e. The molecule has 1 fully saturated rings. The number of rotatable bonds is 4. The van der Waals surface area contributed by atoms with Gasteiger partial charge < -0.3 is 5.32 Å². The number of carbonyl (C=O) groups is 2. The van der Waals surface area contributed by atoms with E-state index in [0.717, 1.165) is 6.42 Å². The number of carbonyl (C=O) groups excluding carboxylic acids is 2. The van der Waals surface area contributed by atoms with Gasteiger partial charge >= 0.3 is 0 Å². The second kappa shape index (κ2) is 4.98. The molecule has 0 aromatic carbocycles. The van der Waals surface area contributed by atoms with Gasteiger partial charge in [-0.15, -0.1) is 11.3 Å². The molecule has 5 heteroatoms. The Morgan fingerprint density at radius 1 is 1.53 bits per heavy atom. The lowest BCUT2D eigenvalue weighted by atomic mass is 10.1. The molecule has 1 aliphatic rings. The van der Waals surface area contributed by atoms with Gasteiger partial charge in [-0.1, -0.05) is 0 Å². The number of nitrogens with one attached hydrogen (secondary N) is 2. The van der Waals surface area contributed by atoms with Crippen LogP contribution >= 0.6 is 11.3 Å². The van der Waals surface area contributed by atoms with Crippen molar-refractivity contribution in [3.05, 3.63) is 21.9 Å². The third-order valence-corrected chi connectivity index (χ3v) is 3.78. The van der Waals surface area contributed by atoms with Crippen LogP contribution in [0, 0.1) is 6.92 Å². The van der Waals surface area contributed by atoms with E-state index in [1.165, 1.54) is 9.75 Å². The van der Waals surface area contributed by atoms with Gasteiger partial charge in [0.2, 0.25) is 11.8 Å². The summed E-state index contributed by atoms with van der Waals surface area (Å²) in [4.78, 5) is 25.0. The standard InChI is InChI=1S/C12H16N2O2S/c1-7(5-9-4-3-8(2)17-9)13-10-6-11(15)14-12(10)16/h3-4,7,10,13H,5-6H2,1-2H3,(H,14,15,16). The molecule has 4 nitrogen and oxygen atoms in total. The van der Waals surface area contributed by atoms with E-state index in [1.54, 1.807) is 11.3 Å². The first-order valence-electron chi connectivity index (χ1n) is 5.69. The fraction of sp³-hybridized carbons (Fsp3) is 0.500. The van der Waals surface area contributed by atoms with E-state index in [1.807, 2.05) is 6.92 Å². The van der Waals surface area contributed by atoms with Crippen molar-refractivity contribution in [3.8, 4) is 0 Å². The molecule has 92 valence electrons. The lowest BCUT2D eigenvalue weighted by Crippen LogP contribution is -2.42. The van der Waals surface area contributed by atoms with Gasteiger partial charge in [0, 0.05) is 15.8 Å². The zero-order valence-corrected chi connectivity index (χ0v) is 10.8. The zero-order valence-electron chi connectivity index (χ0n) is 9.95. The summed E-state index contributed by atoms with van der Waals surface area (Å²) in [5.41, 5.74) is 0. The monoisotopic (exact) mass is 252 g/mol. The van der Waals surface area contributed by atoms with Crippen LogP contribution in [0.5, 0.6) is 0 Å². The predicted octanol–water partition coefficient (Wildman–Crippen LogP) is 0.992. The fourth-order valence-electron chi connectivity index (χ4n) is 1.99. The Morgan fingerprint density at radius 3 is 2.82 bits per heavy atom. The molecule has 2 unspecified atom stereocenters. The average molecular weight is 252 g/mol. The van der Waals surface area contributed by atoms with E-state index >= 15 is 0 Å². The van der Waals surface area contributed by atoms with Gasteiger partial charge in [0.05, 0.1) is 12.5 Å². The number of aryl methyl sites for hydroxylation is 1. The topological polar surface area (TPSA) is 58.2 Å². The largest absolute Gasteiger partial charge is 0.303 e. The molecule has 2 heterocycles. The minimum Gasteiger partial charge on any atom is -0.303 e. The van der Waals surface area contributed by atoms with Crippen LogP contribution in [-0.2, 0) is 16.0 Å². The van der Waals surface area contributed by atoms with Crippen LogP contribution in [-0.4, -0.2) is 23.9 Å². The molecule has 0 aliphatic carbocycles. The molecule has 17 heavy (non-hydrogen) atoms. The van der Waals surface area contributed by atoms with Crippen LogP contribution in [0.2, 0.25) is 0 Å². The van der Waals surface area contributed by atoms with Gasteiger partial charge in [-0.25, -0.2) is 0 Å². The summed E-state index contributed by atoms with van der Waals surface area (Å²) >= 11 is 1.77. The van der Waals surface area contributed by atoms with Gasteiger partial charge in [0.15, 0.2) is 0 Å². The SMILES string of the molecule is Cc1ccc(CC(C)NC2CC(=O)NC2=O)s1. The highest BCUT2D eigenvalue weighted by atomic mass is 32.1. The van der Waals surface area contributed by atoms with Gasteiger partial charge in [0.1, 0.15) is 0 Å². The molecule has 1 aromatic heterocycles. The maximum absolute atomic E-state index is 11.4. The second-order valence-corrected chi connectivity index (χ2v) is 5.83. The van der Waals surface area contributed by atoms with Gasteiger partial charge in [-0.2, -0.15) is 0 Å². The van der Waals surface area contributed by atoms with Crippen molar-refractivity contribution < 1.29 is 9.59 Å². The van der Waals surface area contributed by atoms with E-state index < -0.39 is 0 Å². The van der Waals surface area contributed by atoms with Crippen LogP contribution < -0.4 is 10.6 Å². The number of hydrogen-bond acceptors (Lipinski definition) is 4. The normalized spacial score (nSPS) is 21.6. The van der Waals surface area contributed by atoms with Crippen LogP contribution in [0.15, 0.2) is 12.1 Å². The highest BCUT2D eigenvalue weighted by molar-refractivity contribution is 7.11. The Kier molecular flexibility index (Phi) is 3.59. The highest BCUT2D eigenvalue weighted by Gasteiger charge is 2.31. The number of amides is 2. The second-order valence-electron chi connectivity index (χ2n) is 4.45. The van der Waals surface area contributed by atoms with Crippen molar-refractivity contribution >= 4 is 23.2 Å². The lowest BCUT2D eigenvalue weighted by Gasteiger charge is -2.16. The summed E-state index contributed by atoms with van der Waals surface area (Å²) in [5.74, 6) is -0.393. The number of hydrogen-bond donors (Lipinski definition) is 2. The molecule has 2 N–H and O–H groups in total. The van der Waals surface area contributed by atoms with Crippen molar-refractivity contribution in [3.63, 3.8) is 0 Å². The highest BCUT2D eigenvalue weighted by Crippen LogP contribution is 2.17. The third kappa shape index (κ3) is 3.14. The number of imide groups is 1. The molecule has 2 amide bonds. The maximum Gasteiger partial charge on any atom is 0.244 e. The van der Waals surface area contributed by atoms with E-state index in [9.17, 15) is 9.59 Å². The molecule has 2 rings (SSSR count). The third-order valence-electron chi connectivity index (χ3n) is 2.76. The minimum atomic E-state index is -0.362. The molecule has 0 spiro atoms. The van der Waals surface area contributed by atoms with Crippen LogP contribution in [0.1, 0.15) is 23.1 Å². The van der Waals surface area contributed by atoms with Crippen molar-refractivity contribution in [2.75, 3.05) is 0 Å². The summed E-state index contributed by atoms with van der Waals surface area (Å²) in [6.07, 6.45) is 1.14. The first kappa shape index (κ1) is 12.3. The van der Waals surface area contributed by atoms with E-state index in [-0.39, 0.29) is 30.3 Å². The van der Waals surface area contributed by atoms with E-state index in [0.29, 0.717) is 0 Å². The Morgan fingerprint density at radius 2 is 2.29 bits per heavy atom. The van der Waals surface area contributed by atoms with Crippen molar-refractivity contribution in [1.82, 2.24) is 10.6 Å². The first-order chi connectivity index (χ1) is 8.04. The summed E-state index contributed by atoms with van der Waals surface area (Å²) in [6.45, 7) is 4.11. The van der Waals surface area contributed by atoms with E-state index in [2.05, 4.69) is 29.7 Å². The number of thiophene rings is 1. The quantitative estimate of drug-likeness (QED) is 0.786. The average Bonchev–Trinajstić information content (AvgIpc) is 2.74. The molecular weight excluding hydrogens is 236 g/mol. The molecular formula is C12H16N2O2S. The summed E-state index contributed by atoms with van der Waals surface area (Å²) in [7, 11) is 0.